The second-order valence-corrected chi connectivity index (χ2v) is 4.93. The van der Waals surface area contributed by atoms with Gasteiger partial charge in [-0.25, -0.2) is 5.84 Å². The first-order valence-electron chi connectivity index (χ1n) is 6.23. The number of aromatic nitrogens is 2. The van der Waals surface area contributed by atoms with Crippen LogP contribution < -0.4 is 11.3 Å². The molecule has 0 radical (unpaired) electrons. The summed E-state index contributed by atoms with van der Waals surface area (Å²) in [5.41, 5.74) is 2.76. The summed E-state index contributed by atoms with van der Waals surface area (Å²) in [5.74, 6) is 6.29. The molecule has 1 fully saturated rings. The smallest absolute Gasteiger partial charge is 0.274 e. The molecular formula is C12H19N5O. The molecule has 6 nitrogen and oxygen atoms in total. The van der Waals surface area contributed by atoms with Crippen molar-refractivity contribution in [1.29, 1.82) is 0 Å². The second kappa shape index (κ2) is 5.30. The van der Waals surface area contributed by atoms with Crippen LogP contribution in [0.1, 0.15) is 37.2 Å². The highest BCUT2D eigenvalue weighted by molar-refractivity contribution is 5.92. The highest BCUT2D eigenvalue weighted by atomic mass is 16.2. The van der Waals surface area contributed by atoms with Gasteiger partial charge in [-0.05, 0) is 37.8 Å². The SMILES string of the molecule is CC1CCN(C(=O)c2ccc(NN)nn2)C(C)C1. The molecule has 0 bridgehead atoms. The molecule has 1 aliphatic rings. The van der Waals surface area contributed by atoms with E-state index in [0.717, 1.165) is 19.4 Å². The molecule has 0 aliphatic carbocycles. The zero-order chi connectivity index (χ0) is 13.1. The maximum absolute atomic E-state index is 12.3. The third-order valence-electron chi connectivity index (χ3n) is 3.43. The lowest BCUT2D eigenvalue weighted by Crippen LogP contribution is -2.44. The lowest BCUT2D eigenvalue weighted by Gasteiger charge is -2.36. The quantitative estimate of drug-likeness (QED) is 0.604. The molecule has 1 aliphatic heterocycles. The van der Waals surface area contributed by atoms with Gasteiger partial charge < -0.3 is 10.3 Å². The molecule has 2 heterocycles. The third-order valence-corrected chi connectivity index (χ3v) is 3.43. The van der Waals surface area contributed by atoms with Crippen LogP contribution in [0.2, 0.25) is 0 Å². The highest BCUT2D eigenvalue weighted by Crippen LogP contribution is 2.23. The summed E-state index contributed by atoms with van der Waals surface area (Å²) in [5, 5.41) is 7.71. The molecule has 3 N–H and O–H groups in total. The molecule has 0 spiro atoms. The van der Waals surface area contributed by atoms with Gasteiger partial charge in [-0.3, -0.25) is 4.79 Å². The fraction of sp³-hybridized carbons (Fsp3) is 0.583. The van der Waals surface area contributed by atoms with E-state index in [1.54, 1.807) is 12.1 Å². The largest absolute Gasteiger partial charge is 0.335 e. The van der Waals surface area contributed by atoms with E-state index < -0.39 is 0 Å². The minimum atomic E-state index is -0.0505. The lowest BCUT2D eigenvalue weighted by molar-refractivity contribution is 0.0581. The number of anilines is 1. The van der Waals surface area contributed by atoms with Crippen molar-refractivity contribution in [2.24, 2.45) is 11.8 Å². The number of nitrogens with one attached hydrogen (secondary N) is 1. The average Bonchev–Trinajstić information content (AvgIpc) is 2.38. The second-order valence-electron chi connectivity index (χ2n) is 4.93. The number of hydrogen-bond acceptors (Lipinski definition) is 5. The number of likely N-dealkylation sites (tertiary alicyclic amines) is 1. The summed E-state index contributed by atoms with van der Waals surface area (Å²) in [4.78, 5) is 14.2. The number of nitrogens with zero attached hydrogens (tertiary/aromatic N) is 3. The summed E-state index contributed by atoms with van der Waals surface area (Å²) in [6.07, 6.45) is 2.09. The van der Waals surface area contributed by atoms with Gasteiger partial charge in [0.25, 0.3) is 5.91 Å². The molecule has 0 saturated carbocycles. The van der Waals surface area contributed by atoms with Gasteiger partial charge in [-0.2, -0.15) is 0 Å². The topological polar surface area (TPSA) is 84.1 Å². The monoisotopic (exact) mass is 249 g/mol. The molecule has 18 heavy (non-hydrogen) atoms. The zero-order valence-electron chi connectivity index (χ0n) is 10.8. The maximum atomic E-state index is 12.3. The van der Waals surface area contributed by atoms with E-state index in [0.29, 0.717) is 17.4 Å². The Morgan fingerprint density at radius 3 is 2.78 bits per heavy atom. The van der Waals surface area contributed by atoms with E-state index in [9.17, 15) is 4.79 Å². The number of nitrogens with two attached hydrogens (primary N) is 1. The van der Waals surface area contributed by atoms with Gasteiger partial charge in [0, 0.05) is 12.6 Å². The molecule has 6 heteroatoms. The van der Waals surface area contributed by atoms with Crippen molar-refractivity contribution in [3.8, 4) is 0 Å². The molecule has 98 valence electrons. The van der Waals surface area contributed by atoms with Crippen molar-refractivity contribution in [2.45, 2.75) is 32.7 Å². The Labute approximate surface area is 107 Å². The van der Waals surface area contributed by atoms with Gasteiger partial charge in [-0.1, -0.05) is 6.92 Å². The predicted molar refractivity (Wildman–Crippen MR) is 68.7 cm³/mol. The highest BCUT2D eigenvalue weighted by Gasteiger charge is 2.28. The number of piperidine rings is 1. The van der Waals surface area contributed by atoms with E-state index >= 15 is 0 Å². The van der Waals surface area contributed by atoms with Gasteiger partial charge in [0.2, 0.25) is 0 Å². The van der Waals surface area contributed by atoms with Crippen molar-refractivity contribution < 1.29 is 4.79 Å². The zero-order valence-corrected chi connectivity index (χ0v) is 10.8. The Kier molecular flexibility index (Phi) is 3.76. The van der Waals surface area contributed by atoms with Crippen molar-refractivity contribution >= 4 is 11.7 Å². The van der Waals surface area contributed by atoms with E-state index in [-0.39, 0.29) is 11.9 Å². The molecule has 0 aromatic carbocycles. The fourth-order valence-corrected chi connectivity index (χ4v) is 2.38. The fourth-order valence-electron chi connectivity index (χ4n) is 2.38. The first-order chi connectivity index (χ1) is 8.61. The lowest BCUT2D eigenvalue weighted by atomic mass is 9.93. The van der Waals surface area contributed by atoms with Crippen LogP contribution >= 0.6 is 0 Å². The summed E-state index contributed by atoms with van der Waals surface area (Å²) >= 11 is 0. The van der Waals surface area contributed by atoms with Crippen LogP contribution in [-0.4, -0.2) is 33.6 Å². The average molecular weight is 249 g/mol. The Balaban J connectivity index is 2.10. The first kappa shape index (κ1) is 12.8. The first-order valence-corrected chi connectivity index (χ1v) is 6.23. The van der Waals surface area contributed by atoms with Crippen LogP contribution in [0, 0.1) is 5.92 Å². The van der Waals surface area contributed by atoms with Crippen LogP contribution in [0.25, 0.3) is 0 Å². The minimum absolute atomic E-state index is 0.0505. The number of hydrogen-bond donors (Lipinski definition) is 2. The van der Waals surface area contributed by atoms with E-state index in [4.69, 9.17) is 5.84 Å². The molecule has 2 unspecified atom stereocenters. The van der Waals surface area contributed by atoms with Crippen molar-refractivity contribution in [3.05, 3.63) is 17.8 Å². The van der Waals surface area contributed by atoms with Gasteiger partial charge in [-0.15, -0.1) is 10.2 Å². The Hall–Kier alpha value is -1.69. The summed E-state index contributed by atoms with van der Waals surface area (Å²) < 4.78 is 0. The molecule has 1 amide bonds. The van der Waals surface area contributed by atoms with E-state index in [2.05, 4.69) is 29.5 Å². The summed E-state index contributed by atoms with van der Waals surface area (Å²) in [6, 6.07) is 3.56. The van der Waals surface area contributed by atoms with Gasteiger partial charge >= 0.3 is 0 Å². The standard InChI is InChI=1S/C12H19N5O/c1-8-5-6-17(9(2)7-8)12(18)10-3-4-11(14-13)16-15-10/h3-4,8-9H,5-7,13H2,1-2H3,(H,14,16). The molecule has 2 rings (SSSR count). The third kappa shape index (κ3) is 2.59. The van der Waals surface area contributed by atoms with Crippen LogP contribution in [0.5, 0.6) is 0 Å². The van der Waals surface area contributed by atoms with Gasteiger partial charge in [0.05, 0.1) is 0 Å². The molecule has 1 saturated heterocycles. The molecular weight excluding hydrogens is 230 g/mol. The number of rotatable bonds is 2. The Bertz CT molecular complexity index is 419. The van der Waals surface area contributed by atoms with E-state index in [1.165, 1.54) is 0 Å². The van der Waals surface area contributed by atoms with Crippen LogP contribution in [-0.2, 0) is 0 Å². The van der Waals surface area contributed by atoms with Gasteiger partial charge in [0.15, 0.2) is 11.5 Å². The normalized spacial score (nSPS) is 23.8. The molecule has 1 aromatic heterocycles. The maximum Gasteiger partial charge on any atom is 0.274 e. The number of nitrogen functional groups attached to an aromatic ring is 1. The van der Waals surface area contributed by atoms with Crippen molar-refractivity contribution in [2.75, 3.05) is 12.0 Å². The number of carbonyl (C=O) groups excluding carboxylic acids is 1. The Morgan fingerprint density at radius 2 is 2.22 bits per heavy atom. The van der Waals surface area contributed by atoms with Crippen LogP contribution in [0.3, 0.4) is 0 Å². The summed E-state index contributed by atoms with van der Waals surface area (Å²) in [7, 11) is 0. The van der Waals surface area contributed by atoms with Crippen molar-refractivity contribution in [3.63, 3.8) is 0 Å². The molecule has 2 atom stereocenters. The predicted octanol–water partition coefficient (Wildman–Crippen LogP) is 1.02. The van der Waals surface area contributed by atoms with Crippen LogP contribution in [0.4, 0.5) is 5.82 Å². The van der Waals surface area contributed by atoms with Crippen molar-refractivity contribution in [1.82, 2.24) is 15.1 Å². The van der Waals surface area contributed by atoms with Gasteiger partial charge in [0.1, 0.15) is 0 Å². The minimum Gasteiger partial charge on any atom is -0.335 e. The Morgan fingerprint density at radius 1 is 1.44 bits per heavy atom. The number of carbonyl (C=O) groups is 1. The number of amides is 1. The van der Waals surface area contributed by atoms with E-state index in [1.807, 2.05) is 4.90 Å². The summed E-state index contributed by atoms with van der Waals surface area (Å²) in [6.45, 7) is 5.09. The molecule has 1 aromatic rings. The van der Waals surface area contributed by atoms with Crippen LogP contribution in [0.15, 0.2) is 12.1 Å². The number of hydrazine groups is 1.